The van der Waals surface area contributed by atoms with Gasteiger partial charge >= 0.3 is 0 Å². The van der Waals surface area contributed by atoms with Gasteiger partial charge in [0, 0.05) is 30.2 Å². The monoisotopic (exact) mass is 299 g/mol. The number of fused-ring (bicyclic) bond motifs is 1. The van der Waals surface area contributed by atoms with Gasteiger partial charge in [-0.05, 0) is 23.4 Å². The van der Waals surface area contributed by atoms with Gasteiger partial charge in [-0.2, -0.15) is 0 Å². The Bertz CT molecular complexity index is 700. The molecule has 108 valence electrons. The Balaban J connectivity index is 1.58. The fourth-order valence-corrected chi connectivity index (χ4v) is 3.25. The van der Waals surface area contributed by atoms with Gasteiger partial charge in [-0.3, -0.25) is 4.79 Å². The van der Waals surface area contributed by atoms with E-state index >= 15 is 0 Å². The third-order valence-electron chi connectivity index (χ3n) is 3.34. The second-order valence-electron chi connectivity index (χ2n) is 5.22. The molecule has 0 saturated carbocycles. The molecule has 1 amide bonds. The van der Waals surface area contributed by atoms with Gasteiger partial charge in [0.05, 0.1) is 11.2 Å². The topological polar surface area (TPSA) is 46.9 Å². The summed E-state index contributed by atoms with van der Waals surface area (Å²) in [6.45, 7) is 3.63. The van der Waals surface area contributed by atoms with E-state index in [9.17, 15) is 4.79 Å². The zero-order valence-corrected chi connectivity index (χ0v) is 12.6. The molecule has 4 nitrogen and oxygen atoms in total. The van der Waals surface area contributed by atoms with Crippen molar-refractivity contribution in [1.82, 2.24) is 14.9 Å². The summed E-state index contributed by atoms with van der Waals surface area (Å²) in [5, 5.41) is 4.13. The number of carbonyl (C=O) groups is 1. The average Bonchev–Trinajstić information content (AvgIpc) is 3.13. The quantitative estimate of drug-likeness (QED) is 0.786. The molecule has 0 aliphatic carbocycles. The molecule has 0 radical (unpaired) electrons. The molecule has 1 aromatic carbocycles. The van der Waals surface area contributed by atoms with Crippen LogP contribution in [0.2, 0.25) is 0 Å². The van der Waals surface area contributed by atoms with E-state index in [1.54, 1.807) is 12.5 Å². The van der Waals surface area contributed by atoms with Crippen molar-refractivity contribution in [2.24, 2.45) is 5.92 Å². The highest BCUT2D eigenvalue weighted by atomic mass is 32.1. The normalized spacial score (nSPS) is 12.4. The van der Waals surface area contributed by atoms with E-state index < -0.39 is 0 Å². The first-order valence-electron chi connectivity index (χ1n) is 6.95. The minimum absolute atomic E-state index is 0.00804. The van der Waals surface area contributed by atoms with Crippen LogP contribution >= 0.6 is 11.3 Å². The summed E-state index contributed by atoms with van der Waals surface area (Å²) < 4.78 is 3.17. The smallest absolute Gasteiger partial charge is 0.261 e. The summed E-state index contributed by atoms with van der Waals surface area (Å²) >= 11 is 1.54. The van der Waals surface area contributed by atoms with Crippen molar-refractivity contribution in [3.8, 4) is 0 Å². The number of thiophene rings is 1. The largest absolute Gasteiger partial charge is 0.351 e. The zero-order valence-electron chi connectivity index (χ0n) is 11.8. The van der Waals surface area contributed by atoms with E-state index in [-0.39, 0.29) is 5.91 Å². The zero-order chi connectivity index (χ0) is 14.7. The molecule has 0 fully saturated rings. The van der Waals surface area contributed by atoms with Gasteiger partial charge in [0.15, 0.2) is 0 Å². The van der Waals surface area contributed by atoms with E-state index in [2.05, 4.69) is 17.2 Å². The standard InChI is InChI=1S/C16H17N3OS/c1-12(10-19-7-6-17-11-19)9-18-16(20)15-8-13-4-2-3-5-14(13)21-15/h2-8,11-12H,9-10H2,1H3,(H,18,20)/t12-/m1/s1. The number of amides is 1. The average molecular weight is 299 g/mol. The first-order chi connectivity index (χ1) is 10.2. The molecule has 2 heterocycles. The van der Waals surface area contributed by atoms with Crippen LogP contribution < -0.4 is 5.32 Å². The van der Waals surface area contributed by atoms with Gasteiger partial charge in [-0.15, -0.1) is 11.3 Å². The van der Waals surface area contributed by atoms with Crippen LogP contribution in [0.1, 0.15) is 16.6 Å². The van der Waals surface area contributed by atoms with Crippen LogP contribution in [0.15, 0.2) is 49.1 Å². The predicted molar refractivity (Wildman–Crippen MR) is 85.5 cm³/mol. The van der Waals surface area contributed by atoms with Gasteiger partial charge in [-0.25, -0.2) is 4.98 Å². The number of benzene rings is 1. The van der Waals surface area contributed by atoms with E-state index in [1.807, 2.05) is 41.1 Å². The molecule has 1 N–H and O–H groups in total. The van der Waals surface area contributed by atoms with E-state index in [4.69, 9.17) is 0 Å². The number of aromatic nitrogens is 2. The van der Waals surface area contributed by atoms with Crippen molar-refractivity contribution in [3.05, 3.63) is 53.9 Å². The van der Waals surface area contributed by atoms with Gasteiger partial charge in [0.1, 0.15) is 0 Å². The van der Waals surface area contributed by atoms with Crippen LogP contribution in [-0.2, 0) is 6.54 Å². The summed E-state index contributed by atoms with van der Waals surface area (Å²) in [5.74, 6) is 0.367. The molecule has 21 heavy (non-hydrogen) atoms. The summed E-state index contributed by atoms with van der Waals surface area (Å²) in [6, 6.07) is 10.0. The Morgan fingerprint density at radius 3 is 3.05 bits per heavy atom. The van der Waals surface area contributed by atoms with Crippen molar-refractivity contribution in [2.75, 3.05) is 6.54 Å². The molecule has 0 aliphatic rings. The first-order valence-corrected chi connectivity index (χ1v) is 7.76. The van der Waals surface area contributed by atoms with Crippen molar-refractivity contribution < 1.29 is 4.79 Å². The van der Waals surface area contributed by atoms with Crippen LogP contribution in [0, 0.1) is 5.92 Å². The highest BCUT2D eigenvalue weighted by Gasteiger charge is 2.11. The first kappa shape index (κ1) is 13.8. The highest BCUT2D eigenvalue weighted by Crippen LogP contribution is 2.25. The van der Waals surface area contributed by atoms with E-state index in [1.165, 1.54) is 11.3 Å². The predicted octanol–water partition coefficient (Wildman–Crippen LogP) is 3.16. The summed E-state index contributed by atoms with van der Waals surface area (Å²) in [4.78, 5) is 17.0. The number of nitrogens with zero attached hydrogens (tertiary/aromatic N) is 2. The van der Waals surface area contributed by atoms with Gasteiger partial charge in [0.25, 0.3) is 5.91 Å². The minimum Gasteiger partial charge on any atom is -0.351 e. The molecule has 0 unspecified atom stereocenters. The maximum absolute atomic E-state index is 12.2. The fourth-order valence-electron chi connectivity index (χ4n) is 2.27. The fraction of sp³-hybridized carbons (Fsp3) is 0.250. The van der Waals surface area contributed by atoms with Crippen molar-refractivity contribution >= 4 is 27.3 Å². The maximum Gasteiger partial charge on any atom is 0.261 e. The molecule has 0 saturated heterocycles. The number of imidazole rings is 1. The van der Waals surface area contributed by atoms with Gasteiger partial charge in [0.2, 0.25) is 0 Å². The summed E-state index contributed by atoms with van der Waals surface area (Å²) in [7, 11) is 0. The van der Waals surface area contributed by atoms with Gasteiger partial charge in [-0.1, -0.05) is 25.1 Å². The molecule has 2 aromatic heterocycles. The minimum atomic E-state index is 0.00804. The second kappa shape index (κ2) is 6.10. The number of hydrogen-bond acceptors (Lipinski definition) is 3. The third-order valence-corrected chi connectivity index (χ3v) is 4.46. The lowest BCUT2D eigenvalue weighted by Crippen LogP contribution is -2.29. The second-order valence-corrected chi connectivity index (χ2v) is 6.31. The molecule has 0 bridgehead atoms. The molecule has 5 heteroatoms. The Labute approximate surface area is 127 Å². The van der Waals surface area contributed by atoms with E-state index in [0.717, 1.165) is 21.5 Å². The number of hydrogen-bond donors (Lipinski definition) is 1. The Morgan fingerprint density at radius 1 is 1.43 bits per heavy atom. The lowest BCUT2D eigenvalue weighted by molar-refractivity contribution is 0.0951. The molecular weight excluding hydrogens is 282 g/mol. The highest BCUT2D eigenvalue weighted by molar-refractivity contribution is 7.20. The van der Waals surface area contributed by atoms with Crippen LogP contribution in [-0.4, -0.2) is 22.0 Å². The lowest BCUT2D eigenvalue weighted by atomic mass is 10.2. The van der Waals surface area contributed by atoms with Crippen LogP contribution in [0.25, 0.3) is 10.1 Å². The molecule has 1 atom stereocenters. The molecule has 3 rings (SSSR count). The van der Waals surface area contributed by atoms with Gasteiger partial charge < -0.3 is 9.88 Å². The Morgan fingerprint density at radius 2 is 2.29 bits per heavy atom. The molecule has 0 aliphatic heterocycles. The number of carbonyl (C=O) groups excluding carboxylic acids is 1. The maximum atomic E-state index is 12.2. The van der Waals surface area contributed by atoms with Crippen LogP contribution in [0.3, 0.4) is 0 Å². The lowest BCUT2D eigenvalue weighted by Gasteiger charge is -2.12. The number of rotatable bonds is 5. The number of nitrogens with one attached hydrogen (secondary N) is 1. The Hall–Kier alpha value is -2.14. The third kappa shape index (κ3) is 3.31. The van der Waals surface area contributed by atoms with Crippen molar-refractivity contribution in [2.45, 2.75) is 13.5 Å². The SMILES string of the molecule is C[C@H](CNC(=O)c1cc2ccccc2s1)Cn1ccnc1. The molecular formula is C16H17N3OS. The van der Waals surface area contributed by atoms with Crippen LogP contribution in [0.5, 0.6) is 0 Å². The van der Waals surface area contributed by atoms with E-state index in [0.29, 0.717) is 12.5 Å². The summed E-state index contributed by atoms with van der Waals surface area (Å²) in [5.41, 5.74) is 0. The Kier molecular flexibility index (Phi) is 4.01. The molecule has 0 spiro atoms. The van der Waals surface area contributed by atoms with Crippen molar-refractivity contribution in [1.29, 1.82) is 0 Å². The van der Waals surface area contributed by atoms with Crippen LogP contribution in [0.4, 0.5) is 0 Å². The molecule has 3 aromatic rings. The summed E-state index contributed by atoms with van der Waals surface area (Å²) in [6.07, 6.45) is 5.50. The van der Waals surface area contributed by atoms with Crippen molar-refractivity contribution in [3.63, 3.8) is 0 Å².